The fraction of sp³-hybridized carbons (Fsp3) is 0.182. The average Bonchev–Trinajstić information content (AvgIpc) is 2.65. The maximum absolute atomic E-state index is 7.50. The number of hydrogen-bond acceptors (Lipinski definition) is 1. The summed E-state index contributed by atoms with van der Waals surface area (Å²) in [5, 5.41) is 0. The molecule has 5 heteroatoms. The van der Waals surface area contributed by atoms with Gasteiger partial charge in [-0.2, -0.15) is 0 Å². The van der Waals surface area contributed by atoms with Gasteiger partial charge in [-0.05, 0) is 18.6 Å². The molecule has 0 aromatic carbocycles. The normalized spacial score (nSPS) is 9.81. The van der Waals surface area contributed by atoms with Crippen LogP contribution in [0.5, 0.6) is 0 Å². The summed E-state index contributed by atoms with van der Waals surface area (Å²) in [6.45, 7) is 13.5. The summed E-state index contributed by atoms with van der Waals surface area (Å²) in [5.41, 5.74) is 0. The summed E-state index contributed by atoms with van der Waals surface area (Å²) in [5.74, 6) is 0.944. The molecule has 1 rings (SSSR count). The first kappa shape index (κ1) is 24.1. The Hall–Kier alpha value is -1.23. The molecule has 0 aliphatic heterocycles. The molecule has 4 nitrogen and oxygen atoms in total. The van der Waals surface area contributed by atoms with Crippen molar-refractivity contribution >= 4 is 0 Å². The van der Waals surface area contributed by atoms with E-state index in [0.29, 0.717) is 0 Å². The second-order valence-electron chi connectivity index (χ2n) is 1.83. The van der Waals surface area contributed by atoms with Crippen molar-refractivity contribution in [1.29, 1.82) is 0 Å². The standard InChI is InChI=1S/C8H10O.3CO.Cr/c1-9-8-6-4-2-3-5-7-8;3*1-2;/h2-4,6-7H,5H2,1H3;;;;. The smallest absolute Gasteiger partial charge is 0 e. The molecule has 0 atom stereocenters. The summed E-state index contributed by atoms with van der Waals surface area (Å²) in [4.78, 5) is 0. The van der Waals surface area contributed by atoms with E-state index in [1.165, 1.54) is 0 Å². The van der Waals surface area contributed by atoms with Gasteiger partial charge in [0.2, 0.25) is 0 Å². The van der Waals surface area contributed by atoms with Crippen molar-refractivity contribution in [1.82, 2.24) is 0 Å². The third kappa shape index (κ3) is 18.5. The van der Waals surface area contributed by atoms with Crippen LogP contribution < -0.4 is 0 Å². The Morgan fingerprint density at radius 2 is 1.56 bits per heavy atom. The second kappa shape index (κ2) is 29.2. The van der Waals surface area contributed by atoms with Gasteiger partial charge in [0.15, 0.2) is 0 Å². The molecule has 0 spiro atoms. The van der Waals surface area contributed by atoms with E-state index in [4.69, 9.17) is 18.7 Å². The van der Waals surface area contributed by atoms with Crippen LogP contribution in [0, 0.1) is 20.0 Å². The molecular weight excluding hydrogens is 248 g/mol. The summed E-state index contributed by atoms with van der Waals surface area (Å²) in [7, 11) is 1.68. The molecular formula is C11H10CrO4. The van der Waals surface area contributed by atoms with E-state index in [9.17, 15) is 0 Å². The quantitative estimate of drug-likeness (QED) is 0.523. The molecule has 0 saturated carbocycles. The van der Waals surface area contributed by atoms with Crippen LogP contribution in [0.15, 0.2) is 36.1 Å². The summed E-state index contributed by atoms with van der Waals surface area (Å²) >= 11 is 0. The van der Waals surface area contributed by atoms with Crippen LogP contribution >= 0.6 is 0 Å². The second-order valence-corrected chi connectivity index (χ2v) is 1.83. The number of ether oxygens (including phenoxy) is 1. The van der Waals surface area contributed by atoms with E-state index >= 15 is 0 Å². The first-order chi connectivity index (χ1) is 7.43. The SMILES string of the molecule is COC1=CCC=CC=C1.[C-]#[O+].[C-]#[O+].[C-]#[O+].[Cr]. The van der Waals surface area contributed by atoms with Crippen molar-refractivity contribution in [3.8, 4) is 0 Å². The molecule has 0 bridgehead atoms. The predicted molar refractivity (Wildman–Crippen MR) is 49.8 cm³/mol. The van der Waals surface area contributed by atoms with Crippen molar-refractivity contribution < 1.29 is 36.1 Å². The monoisotopic (exact) mass is 258 g/mol. The van der Waals surface area contributed by atoms with Gasteiger partial charge in [-0.3, -0.25) is 0 Å². The van der Waals surface area contributed by atoms with Crippen LogP contribution in [0.2, 0.25) is 0 Å². The molecule has 16 heavy (non-hydrogen) atoms. The molecule has 1 aliphatic rings. The van der Waals surface area contributed by atoms with Gasteiger partial charge in [0, 0.05) is 17.4 Å². The van der Waals surface area contributed by atoms with Crippen LogP contribution in [-0.4, -0.2) is 7.11 Å². The maximum Gasteiger partial charge on any atom is 0 e. The van der Waals surface area contributed by atoms with Gasteiger partial charge in [0.25, 0.3) is 0 Å². The Kier molecular flexibility index (Phi) is 44.1. The van der Waals surface area contributed by atoms with Crippen LogP contribution in [0.4, 0.5) is 0 Å². The number of hydrogen-bond donors (Lipinski definition) is 0. The Morgan fingerprint density at radius 1 is 1.06 bits per heavy atom. The molecule has 0 fully saturated rings. The zero-order valence-corrected chi connectivity index (χ0v) is 9.91. The van der Waals surface area contributed by atoms with E-state index in [1.807, 2.05) is 24.3 Å². The molecule has 1 aliphatic carbocycles. The fourth-order valence-electron chi connectivity index (χ4n) is 0.711. The van der Waals surface area contributed by atoms with Gasteiger partial charge in [-0.15, -0.1) is 0 Å². The van der Waals surface area contributed by atoms with Gasteiger partial charge in [-0.1, -0.05) is 18.2 Å². The molecule has 0 aromatic rings. The molecule has 0 unspecified atom stereocenters. The zero-order valence-electron chi connectivity index (χ0n) is 8.64. The molecule has 0 heterocycles. The van der Waals surface area contributed by atoms with E-state index in [-0.39, 0.29) is 17.4 Å². The Morgan fingerprint density at radius 3 is 2.00 bits per heavy atom. The van der Waals surface area contributed by atoms with Crippen LogP contribution in [-0.2, 0) is 36.1 Å². The minimum Gasteiger partial charge on any atom is 0 e. The van der Waals surface area contributed by atoms with Gasteiger partial charge in [-0.25, -0.2) is 0 Å². The van der Waals surface area contributed by atoms with E-state index in [0.717, 1.165) is 12.2 Å². The largest absolute Gasteiger partial charge is 0 e. The van der Waals surface area contributed by atoms with Crippen molar-refractivity contribution in [2.45, 2.75) is 6.42 Å². The maximum atomic E-state index is 7.50. The predicted octanol–water partition coefficient (Wildman–Crippen LogP) is 1.92. The number of allylic oxidation sites excluding steroid dienone is 5. The van der Waals surface area contributed by atoms with E-state index < -0.39 is 0 Å². The average molecular weight is 258 g/mol. The summed E-state index contributed by atoms with van der Waals surface area (Å²) < 4.78 is 27.5. The third-order valence-electron chi connectivity index (χ3n) is 1.20. The third-order valence-corrected chi connectivity index (χ3v) is 1.20. The first-order valence-electron chi connectivity index (χ1n) is 3.62. The molecule has 0 aromatic heterocycles. The molecule has 0 amide bonds. The van der Waals surface area contributed by atoms with Crippen molar-refractivity contribution in [2.24, 2.45) is 0 Å². The molecule has 0 radical (unpaired) electrons. The molecule has 84 valence electrons. The summed E-state index contributed by atoms with van der Waals surface area (Å²) in [6.07, 6.45) is 11.0. The topological polar surface area (TPSA) is 68.9 Å². The van der Waals surface area contributed by atoms with Gasteiger partial charge in [0.1, 0.15) is 5.76 Å². The van der Waals surface area contributed by atoms with Gasteiger partial charge >= 0.3 is 33.9 Å². The molecule has 0 saturated heterocycles. The Labute approximate surface area is 106 Å². The van der Waals surface area contributed by atoms with Gasteiger partial charge < -0.3 is 4.74 Å². The van der Waals surface area contributed by atoms with Gasteiger partial charge in [0.05, 0.1) is 7.11 Å². The first-order valence-corrected chi connectivity index (χ1v) is 3.62. The van der Waals surface area contributed by atoms with Crippen molar-refractivity contribution in [3.05, 3.63) is 56.1 Å². The van der Waals surface area contributed by atoms with E-state index in [2.05, 4.69) is 26.0 Å². The van der Waals surface area contributed by atoms with Crippen molar-refractivity contribution in [2.75, 3.05) is 7.11 Å². The number of rotatable bonds is 1. The minimum atomic E-state index is 0. The van der Waals surface area contributed by atoms with Crippen LogP contribution in [0.1, 0.15) is 6.42 Å². The van der Waals surface area contributed by atoms with Crippen LogP contribution in [0.3, 0.4) is 0 Å². The Bertz CT molecular complexity index is 257. The van der Waals surface area contributed by atoms with Crippen LogP contribution in [0.25, 0.3) is 0 Å². The van der Waals surface area contributed by atoms with Crippen molar-refractivity contribution in [3.63, 3.8) is 0 Å². The molecule has 0 N–H and O–H groups in total. The zero-order chi connectivity index (χ0) is 12.5. The Balaban J connectivity index is -0.0000000900. The van der Waals surface area contributed by atoms with E-state index in [1.54, 1.807) is 7.11 Å². The fourth-order valence-corrected chi connectivity index (χ4v) is 0.711. The minimum absolute atomic E-state index is 0. The number of methoxy groups -OCH3 is 1. The summed E-state index contributed by atoms with van der Waals surface area (Å²) in [6, 6.07) is 0.